The second-order valence-corrected chi connectivity index (χ2v) is 1.19. The van der Waals surface area contributed by atoms with Crippen LogP contribution in [0.2, 0.25) is 0 Å². The Morgan fingerprint density at radius 3 is 2.17 bits per heavy atom. The topological polar surface area (TPSA) is 43.1 Å². The van der Waals surface area contributed by atoms with Crippen LogP contribution >= 0.6 is 12.6 Å². The minimum absolute atomic E-state index is 0.324. The molecule has 0 fully saturated rings. The lowest BCUT2D eigenvalue weighted by molar-refractivity contribution is -0.409. The smallest absolute Gasteiger partial charge is 0.258 e. The van der Waals surface area contributed by atoms with Crippen molar-refractivity contribution in [1.29, 1.82) is 0 Å². The number of hydrogen-bond donors (Lipinski definition) is 1. The highest BCUT2D eigenvalue weighted by molar-refractivity contribution is 7.84. The van der Waals surface area contributed by atoms with Crippen LogP contribution in [0.3, 0.4) is 0 Å². The molecule has 0 aliphatic rings. The first-order valence-electron chi connectivity index (χ1n) is 1.17. The summed E-state index contributed by atoms with van der Waals surface area (Å²) in [4.78, 5) is 8.67. The van der Waals surface area contributed by atoms with Crippen LogP contribution in [0.1, 0.15) is 0 Å². The highest BCUT2D eigenvalue weighted by atomic mass is 32.1. The van der Waals surface area contributed by atoms with E-state index in [0.717, 1.165) is 0 Å². The quantitative estimate of drug-likeness (QED) is 0.302. The van der Waals surface area contributed by atoms with Crippen LogP contribution in [0.15, 0.2) is 11.6 Å². The van der Waals surface area contributed by atoms with Gasteiger partial charge in [0.05, 0.1) is 4.92 Å². The molecule has 0 heterocycles. The Labute approximate surface area is 40.2 Å². The maximum absolute atomic E-state index is 9.33. The second-order valence-electron chi connectivity index (χ2n) is 0.673. The molecule has 0 saturated carbocycles. The summed E-state index contributed by atoms with van der Waals surface area (Å²) in [6, 6.07) is 0. The van der Waals surface area contributed by atoms with E-state index in [1.807, 2.05) is 0 Å². The maximum atomic E-state index is 9.33. The zero-order valence-electron chi connectivity index (χ0n) is 2.92. The fourth-order valence-electron chi connectivity index (χ4n) is 0. The lowest BCUT2D eigenvalue weighted by Crippen LogP contribution is -1.86. The van der Waals surface area contributed by atoms with Crippen molar-refractivity contribution in [1.82, 2.24) is 0 Å². The molecule has 6 heavy (non-hydrogen) atoms. The van der Waals surface area contributed by atoms with Crippen molar-refractivity contribution in [2.24, 2.45) is 0 Å². The molecule has 0 atom stereocenters. The van der Waals surface area contributed by atoms with Gasteiger partial charge in [-0.3, -0.25) is 10.1 Å². The van der Waals surface area contributed by atoms with Crippen LogP contribution in [-0.2, 0) is 0 Å². The third kappa shape index (κ3) is 1.78. The molecule has 0 aromatic rings. The van der Waals surface area contributed by atoms with E-state index in [9.17, 15) is 10.1 Å². The van der Waals surface area contributed by atoms with Gasteiger partial charge < -0.3 is 0 Å². The fraction of sp³-hybridized carbons (Fsp3) is 0. The highest BCUT2D eigenvalue weighted by Crippen LogP contribution is 1.92. The summed E-state index contributed by atoms with van der Waals surface area (Å²) in [5.74, 6) is 0. The number of nitro groups is 1. The van der Waals surface area contributed by atoms with Crippen LogP contribution in [0.5, 0.6) is 0 Å². The SMILES string of the molecule is C=C(S)[N+](=O)[O-]. The third-order valence-electron chi connectivity index (χ3n) is 0.211. The van der Waals surface area contributed by atoms with Gasteiger partial charge >= 0.3 is 0 Å². The molecule has 0 amide bonds. The van der Waals surface area contributed by atoms with E-state index in [1.54, 1.807) is 0 Å². The van der Waals surface area contributed by atoms with Crippen molar-refractivity contribution in [3.8, 4) is 0 Å². The Morgan fingerprint density at radius 1 is 2.00 bits per heavy atom. The lowest BCUT2D eigenvalue weighted by atomic mass is 11.1. The number of thiol groups is 1. The molecular weight excluding hydrogens is 102 g/mol. The Kier molecular flexibility index (Phi) is 1.66. The third-order valence-corrected chi connectivity index (χ3v) is 0.374. The molecule has 0 bridgehead atoms. The van der Waals surface area contributed by atoms with Gasteiger partial charge in [0.15, 0.2) is 0 Å². The Bertz CT molecular complexity index is 77.5. The molecule has 0 aliphatic carbocycles. The average Bonchev–Trinajstić information content (AvgIpc) is 1.36. The van der Waals surface area contributed by atoms with Crippen molar-refractivity contribution >= 4 is 12.6 Å². The molecule has 0 spiro atoms. The average molecular weight is 105 g/mol. The van der Waals surface area contributed by atoms with Crippen molar-refractivity contribution < 1.29 is 4.92 Å². The molecule has 0 saturated heterocycles. The summed E-state index contributed by atoms with van der Waals surface area (Å²) >= 11 is 3.30. The summed E-state index contributed by atoms with van der Waals surface area (Å²) in [5, 5.41) is 9.00. The van der Waals surface area contributed by atoms with E-state index in [-0.39, 0.29) is 5.03 Å². The van der Waals surface area contributed by atoms with E-state index in [1.165, 1.54) is 0 Å². The second kappa shape index (κ2) is 1.81. The van der Waals surface area contributed by atoms with Gasteiger partial charge in [-0.2, -0.15) is 0 Å². The Hall–Kier alpha value is -0.510. The van der Waals surface area contributed by atoms with Gasteiger partial charge in [0.1, 0.15) is 0 Å². The van der Waals surface area contributed by atoms with Crippen LogP contribution in [0.4, 0.5) is 0 Å². The first-order chi connectivity index (χ1) is 2.64. The molecule has 0 aromatic heterocycles. The predicted molar refractivity (Wildman–Crippen MR) is 25.1 cm³/mol. The van der Waals surface area contributed by atoms with Crippen molar-refractivity contribution in [2.45, 2.75) is 0 Å². The summed E-state index contributed by atoms with van der Waals surface area (Å²) in [6.07, 6.45) is 0. The normalized spacial score (nSPS) is 7.50. The highest BCUT2D eigenvalue weighted by Gasteiger charge is 1.92. The van der Waals surface area contributed by atoms with E-state index in [2.05, 4.69) is 19.2 Å². The number of rotatable bonds is 1. The van der Waals surface area contributed by atoms with Gasteiger partial charge in [-0.25, -0.2) is 0 Å². The number of hydrogen-bond acceptors (Lipinski definition) is 3. The van der Waals surface area contributed by atoms with Crippen molar-refractivity contribution in [2.75, 3.05) is 0 Å². The maximum Gasteiger partial charge on any atom is 0.293 e. The lowest BCUT2D eigenvalue weighted by Gasteiger charge is -1.77. The molecular formula is C2H3NO2S. The minimum Gasteiger partial charge on any atom is -0.258 e. The summed E-state index contributed by atoms with van der Waals surface area (Å²) in [7, 11) is 0. The van der Waals surface area contributed by atoms with E-state index in [0.29, 0.717) is 0 Å². The number of nitrogens with zero attached hydrogens (tertiary/aromatic N) is 1. The van der Waals surface area contributed by atoms with E-state index < -0.39 is 4.92 Å². The van der Waals surface area contributed by atoms with Crippen LogP contribution in [-0.4, -0.2) is 4.92 Å². The van der Waals surface area contributed by atoms with Gasteiger partial charge in [0.25, 0.3) is 5.03 Å². The fourth-order valence-corrected chi connectivity index (χ4v) is 0. The van der Waals surface area contributed by atoms with Crippen molar-refractivity contribution in [3.63, 3.8) is 0 Å². The summed E-state index contributed by atoms with van der Waals surface area (Å²) < 4.78 is 0. The van der Waals surface area contributed by atoms with Crippen LogP contribution < -0.4 is 0 Å². The standard InChI is InChI=1S/C2H3NO2S/c1-2(6)3(4)5/h6H,1H2. The Balaban J connectivity index is 3.57. The first-order valence-corrected chi connectivity index (χ1v) is 1.61. The molecule has 0 rings (SSSR count). The molecule has 0 unspecified atom stereocenters. The largest absolute Gasteiger partial charge is 0.293 e. The zero-order valence-corrected chi connectivity index (χ0v) is 3.81. The summed E-state index contributed by atoms with van der Waals surface area (Å²) in [6.45, 7) is 2.92. The van der Waals surface area contributed by atoms with E-state index >= 15 is 0 Å². The molecule has 0 N–H and O–H groups in total. The molecule has 34 valence electrons. The molecule has 0 aromatic carbocycles. The molecule has 0 aliphatic heterocycles. The van der Waals surface area contributed by atoms with E-state index in [4.69, 9.17) is 0 Å². The van der Waals surface area contributed by atoms with Crippen LogP contribution in [0.25, 0.3) is 0 Å². The van der Waals surface area contributed by atoms with Gasteiger partial charge in [-0.1, -0.05) is 12.6 Å². The van der Waals surface area contributed by atoms with Gasteiger partial charge in [0.2, 0.25) is 0 Å². The minimum atomic E-state index is -0.664. The monoisotopic (exact) mass is 105 g/mol. The van der Waals surface area contributed by atoms with Gasteiger partial charge in [0, 0.05) is 0 Å². The molecule has 3 nitrogen and oxygen atoms in total. The van der Waals surface area contributed by atoms with Gasteiger partial charge in [-0.05, 0) is 6.58 Å². The van der Waals surface area contributed by atoms with Crippen molar-refractivity contribution in [3.05, 3.63) is 21.7 Å². The predicted octanol–water partition coefficient (Wildman–Crippen LogP) is 0.664. The zero-order chi connectivity index (χ0) is 5.15. The first kappa shape index (κ1) is 5.49. The Morgan fingerprint density at radius 2 is 2.17 bits per heavy atom. The summed E-state index contributed by atoms with van der Waals surface area (Å²) in [5.41, 5.74) is 0. The molecule has 4 heteroatoms. The van der Waals surface area contributed by atoms with Crippen LogP contribution in [0, 0.1) is 10.1 Å². The molecule has 0 radical (unpaired) electrons. The van der Waals surface area contributed by atoms with Gasteiger partial charge in [-0.15, -0.1) is 0 Å².